The molecule has 0 amide bonds. The number of ether oxygens (including phenoxy) is 1. The van der Waals surface area contributed by atoms with Gasteiger partial charge in [0.05, 0.1) is 0 Å². The van der Waals surface area contributed by atoms with Gasteiger partial charge in [0, 0.05) is 13.3 Å². The van der Waals surface area contributed by atoms with Crippen LogP contribution in [0.5, 0.6) is 0 Å². The molecule has 0 radical (unpaired) electrons. The highest BCUT2D eigenvalue weighted by Crippen LogP contribution is 2.14. The van der Waals surface area contributed by atoms with Gasteiger partial charge in [-0.3, -0.25) is 10.5 Å². The van der Waals surface area contributed by atoms with Gasteiger partial charge in [-0.25, -0.2) is 0 Å². The predicted molar refractivity (Wildman–Crippen MR) is 43.8 cm³/mol. The molecule has 0 saturated carbocycles. The molecular weight excluding hydrogens is 142 g/mol. The van der Waals surface area contributed by atoms with Gasteiger partial charge in [0.2, 0.25) is 0 Å². The molecule has 0 bridgehead atoms. The molecule has 0 aliphatic rings. The highest BCUT2D eigenvalue weighted by atomic mass is 16.6. The van der Waals surface area contributed by atoms with Crippen LogP contribution in [0.3, 0.4) is 0 Å². The minimum absolute atomic E-state index is 0.323. The summed E-state index contributed by atoms with van der Waals surface area (Å²) in [5.74, 6) is 0.111. The highest BCUT2D eigenvalue weighted by molar-refractivity contribution is 5.66. The van der Waals surface area contributed by atoms with Gasteiger partial charge >= 0.3 is 5.97 Å². The van der Waals surface area contributed by atoms with Crippen molar-refractivity contribution in [1.29, 1.82) is 0 Å². The van der Waals surface area contributed by atoms with Gasteiger partial charge in [-0.1, -0.05) is 13.8 Å². The van der Waals surface area contributed by atoms with Crippen LogP contribution in [-0.4, -0.2) is 11.7 Å². The first-order chi connectivity index (χ1) is 4.83. The molecule has 0 fully saturated rings. The first-order valence-electron chi connectivity index (χ1n) is 3.82. The van der Waals surface area contributed by atoms with E-state index in [1.54, 1.807) is 6.92 Å². The van der Waals surface area contributed by atoms with E-state index < -0.39 is 5.72 Å². The molecule has 1 atom stereocenters. The Morgan fingerprint density at radius 2 is 2.09 bits per heavy atom. The number of carbonyl (C=O) groups excluding carboxylic acids is 1. The normalized spacial score (nSPS) is 16.2. The average molecular weight is 159 g/mol. The van der Waals surface area contributed by atoms with Gasteiger partial charge in [-0.2, -0.15) is 0 Å². The minimum Gasteiger partial charge on any atom is -0.445 e. The summed E-state index contributed by atoms with van der Waals surface area (Å²) >= 11 is 0. The number of nitrogens with two attached hydrogens (primary N) is 1. The molecule has 2 N–H and O–H groups in total. The standard InChI is InChI=1S/C8H17NO2/c1-6(2)5-8(4,9)11-7(3)10/h6H,5,9H2,1-4H3. The summed E-state index contributed by atoms with van der Waals surface area (Å²) in [5.41, 5.74) is 4.87. The Bertz CT molecular complexity index is 141. The zero-order valence-electron chi connectivity index (χ0n) is 7.68. The Kier molecular flexibility index (Phi) is 3.52. The maximum atomic E-state index is 10.5. The van der Waals surface area contributed by atoms with E-state index >= 15 is 0 Å². The lowest BCUT2D eigenvalue weighted by molar-refractivity contribution is -0.156. The molecule has 3 heteroatoms. The highest BCUT2D eigenvalue weighted by Gasteiger charge is 2.22. The topological polar surface area (TPSA) is 52.3 Å². The third-order valence-electron chi connectivity index (χ3n) is 1.19. The van der Waals surface area contributed by atoms with Gasteiger partial charge in [0.25, 0.3) is 0 Å². The van der Waals surface area contributed by atoms with E-state index in [1.807, 2.05) is 13.8 Å². The zero-order valence-corrected chi connectivity index (χ0v) is 7.68. The van der Waals surface area contributed by atoms with Crippen LogP contribution in [0.4, 0.5) is 0 Å². The largest absolute Gasteiger partial charge is 0.445 e. The molecule has 1 unspecified atom stereocenters. The van der Waals surface area contributed by atoms with Crippen molar-refractivity contribution in [2.75, 3.05) is 0 Å². The molecule has 66 valence electrons. The van der Waals surface area contributed by atoms with E-state index in [0.29, 0.717) is 12.3 Å². The van der Waals surface area contributed by atoms with Crippen LogP contribution in [0.15, 0.2) is 0 Å². The summed E-state index contributed by atoms with van der Waals surface area (Å²) in [5, 5.41) is 0. The van der Waals surface area contributed by atoms with Crippen molar-refractivity contribution >= 4 is 5.97 Å². The lowest BCUT2D eigenvalue weighted by atomic mass is 10.0. The van der Waals surface area contributed by atoms with Crippen molar-refractivity contribution in [1.82, 2.24) is 0 Å². The van der Waals surface area contributed by atoms with E-state index in [-0.39, 0.29) is 5.97 Å². The quantitative estimate of drug-likeness (QED) is 0.498. The fourth-order valence-corrected chi connectivity index (χ4v) is 1.18. The van der Waals surface area contributed by atoms with Crippen molar-refractivity contribution in [3.63, 3.8) is 0 Å². The molecule has 0 heterocycles. The van der Waals surface area contributed by atoms with Gasteiger partial charge in [0.15, 0.2) is 5.72 Å². The Morgan fingerprint density at radius 3 is 2.36 bits per heavy atom. The Hall–Kier alpha value is -0.570. The Morgan fingerprint density at radius 1 is 1.64 bits per heavy atom. The third-order valence-corrected chi connectivity index (χ3v) is 1.19. The van der Waals surface area contributed by atoms with Crippen LogP contribution < -0.4 is 5.73 Å². The van der Waals surface area contributed by atoms with Crippen LogP contribution >= 0.6 is 0 Å². The van der Waals surface area contributed by atoms with Crippen molar-refractivity contribution in [3.05, 3.63) is 0 Å². The fraction of sp³-hybridized carbons (Fsp3) is 0.875. The SMILES string of the molecule is CC(=O)OC(C)(N)CC(C)C. The van der Waals surface area contributed by atoms with Crippen LogP contribution in [0.2, 0.25) is 0 Å². The minimum atomic E-state index is -0.806. The Labute approximate surface area is 67.9 Å². The zero-order chi connectivity index (χ0) is 9.07. The van der Waals surface area contributed by atoms with Crippen LogP contribution in [0.25, 0.3) is 0 Å². The molecule has 0 aliphatic heterocycles. The second kappa shape index (κ2) is 3.72. The first-order valence-corrected chi connectivity index (χ1v) is 3.82. The van der Waals surface area contributed by atoms with E-state index in [0.717, 1.165) is 0 Å². The summed E-state index contributed by atoms with van der Waals surface area (Å²) < 4.78 is 4.89. The van der Waals surface area contributed by atoms with E-state index in [1.165, 1.54) is 6.92 Å². The first kappa shape index (κ1) is 10.4. The molecular formula is C8H17NO2. The molecule has 0 aliphatic carbocycles. The fourth-order valence-electron chi connectivity index (χ4n) is 1.18. The van der Waals surface area contributed by atoms with Crippen molar-refractivity contribution < 1.29 is 9.53 Å². The Balaban J connectivity index is 3.89. The summed E-state index contributed by atoms with van der Waals surface area (Å²) in [6.45, 7) is 7.16. The number of rotatable bonds is 3. The van der Waals surface area contributed by atoms with Crippen molar-refractivity contribution in [3.8, 4) is 0 Å². The summed E-state index contributed by atoms with van der Waals surface area (Å²) in [6, 6.07) is 0. The average Bonchev–Trinajstić information content (AvgIpc) is 1.53. The van der Waals surface area contributed by atoms with E-state index in [4.69, 9.17) is 10.5 Å². The summed E-state index contributed by atoms with van der Waals surface area (Å²) in [6.07, 6.45) is 0.687. The lowest BCUT2D eigenvalue weighted by Gasteiger charge is -2.25. The van der Waals surface area contributed by atoms with Crippen molar-refractivity contribution in [2.24, 2.45) is 11.7 Å². The third kappa shape index (κ3) is 5.85. The van der Waals surface area contributed by atoms with Crippen molar-refractivity contribution in [2.45, 2.75) is 39.8 Å². The molecule has 0 saturated heterocycles. The molecule has 11 heavy (non-hydrogen) atoms. The number of esters is 1. The van der Waals surface area contributed by atoms with E-state index in [9.17, 15) is 4.79 Å². The molecule has 0 rings (SSSR count). The van der Waals surface area contributed by atoms with Gasteiger partial charge in [-0.15, -0.1) is 0 Å². The van der Waals surface area contributed by atoms with Crippen LogP contribution in [0, 0.1) is 5.92 Å². The number of hydrogen-bond acceptors (Lipinski definition) is 3. The lowest BCUT2D eigenvalue weighted by Crippen LogP contribution is -2.41. The van der Waals surface area contributed by atoms with E-state index in [2.05, 4.69) is 0 Å². The molecule has 3 nitrogen and oxygen atoms in total. The van der Waals surface area contributed by atoms with Crippen LogP contribution in [-0.2, 0) is 9.53 Å². The molecule has 0 spiro atoms. The maximum Gasteiger partial charge on any atom is 0.304 e. The van der Waals surface area contributed by atoms with Crippen LogP contribution in [0.1, 0.15) is 34.1 Å². The second-order valence-corrected chi connectivity index (χ2v) is 3.50. The molecule has 0 aromatic rings. The monoisotopic (exact) mass is 159 g/mol. The van der Waals surface area contributed by atoms with Gasteiger partial charge < -0.3 is 4.74 Å². The predicted octanol–water partition coefficient (Wildman–Crippen LogP) is 1.27. The second-order valence-electron chi connectivity index (χ2n) is 3.50. The maximum absolute atomic E-state index is 10.5. The molecule has 0 aromatic carbocycles. The molecule has 0 aromatic heterocycles. The summed E-state index contributed by atoms with van der Waals surface area (Å²) in [7, 11) is 0. The smallest absolute Gasteiger partial charge is 0.304 e. The van der Waals surface area contributed by atoms with Gasteiger partial charge in [0.1, 0.15) is 0 Å². The summed E-state index contributed by atoms with van der Waals surface area (Å²) in [4.78, 5) is 10.5. The number of hydrogen-bond donors (Lipinski definition) is 1. The number of carbonyl (C=O) groups is 1. The van der Waals surface area contributed by atoms with Gasteiger partial charge in [-0.05, 0) is 12.8 Å².